The lowest BCUT2D eigenvalue weighted by atomic mass is 10.3. The maximum atomic E-state index is 12.6. The van der Waals surface area contributed by atoms with E-state index in [4.69, 9.17) is 11.6 Å². The first kappa shape index (κ1) is 16.6. The molecule has 1 N–H and O–H groups in total. The molecular weight excluding hydrogens is 332 g/mol. The van der Waals surface area contributed by atoms with Crippen molar-refractivity contribution in [3.63, 3.8) is 0 Å². The molecule has 2 aromatic rings. The standard InChI is InChI=1S/C16H21ClN4OS/c1-3-20-6-8-21(9-7-20)15(22)11(2)23-16-18-13-5-4-12(17)10-14(13)19-16/h4-5,10-11H,3,6-9H2,1-2H3,(H,18,19). The molecule has 1 atom stereocenters. The summed E-state index contributed by atoms with van der Waals surface area (Å²) in [7, 11) is 0. The van der Waals surface area contributed by atoms with Crippen LogP contribution < -0.4 is 0 Å². The average Bonchev–Trinajstić information content (AvgIpc) is 2.95. The highest BCUT2D eigenvalue weighted by atomic mass is 35.5. The Hall–Kier alpha value is -1.24. The van der Waals surface area contributed by atoms with Crippen molar-refractivity contribution in [2.45, 2.75) is 24.3 Å². The Morgan fingerprint density at radius 1 is 1.39 bits per heavy atom. The van der Waals surface area contributed by atoms with Crippen LogP contribution in [0.3, 0.4) is 0 Å². The number of nitrogens with zero attached hydrogens (tertiary/aromatic N) is 3. The number of fused-ring (bicyclic) bond motifs is 1. The number of thioether (sulfide) groups is 1. The van der Waals surface area contributed by atoms with Gasteiger partial charge in [0.25, 0.3) is 0 Å². The number of carbonyl (C=O) groups is 1. The Labute approximate surface area is 145 Å². The zero-order chi connectivity index (χ0) is 16.4. The number of H-pyrrole nitrogens is 1. The number of piperazine rings is 1. The van der Waals surface area contributed by atoms with E-state index in [1.807, 2.05) is 30.0 Å². The normalized spacial score (nSPS) is 17.6. The zero-order valence-electron chi connectivity index (χ0n) is 13.4. The summed E-state index contributed by atoms with van der Waals surface area (Å²) in [5, 5.41) is 1.28. The van der Waals surface area contributed by atoms with Gasteiger partial charge < -0.3 is 14.8 Å². The van der Waals surface area contributed by atoms with E-state index in [-0.39, 0.29) is 11.2 Å². The molecule has 0 radical (unpaired) electrons. The van der Waals surface area contributed by atoms with Crippen LogP contribution in [0.4, 0.5) is 0 Å². The number of likely N-dealkylation sites (N-methyl/N-ethyl adjacent to an activating group) is 1. The van der Waals surface area contributed by atoms with Crippen molar-refractivity contribution in [1.82, 2.24) is 19.8 Å². The van der Waals surface area contributed by atoms with Crippen LogP contribution >= 0.6 is 23.4 Å². The number of aromatic nitrogens is 2. The predicted octanol–water partition coefficient (Wildman–Crippen LogP) is 2.86. The molecule has 1 aromatic carbocycles. The molecule has 5 nitrogen and oxygen atoms in total. The van der Waals surface area contributed by atoms with Crippen molar-refractivity contribution in [3.05, 3.63) is 23.2 Å². The van der Waals surface area contributed by atoms with Crippen LogP contribution in [0, 0.1) is 0 Å². The first-order chi connectivity index (χ1) is 11.1. The Bertz CT molecular complexity index is 696. The van der Waals surface area contributed by atoms with Gasteiger partial charge in [0.2, 0.25) is 5.91 Å². The number of hydrogen-bond donors (Lipinski definition) is 1. The van der Waals surface area contributed by atoms with Crippen LogP contribution in [0.1, 0.15) is 13.8 Å². The van der Waals surface area contributed by atoms with E-state index >= 15 is 0 Å². The second-order valence-electron chi connectivity index (χ2n) is 5.72. The van der Waals surface area contributed by atoms with E-state index in [0.717, 1.165) is 48.9 Å². The van der Waals surface area contributed by atoms with Gasteiger partial charge in [0.1, 0.15) is 0 Å². The SMILES string of the molecule is CCN1CCN(C(=O)C(C)Sc2nc3ccc(Cl)cc3[nH]2)CC1. The molecule has 1 amide bonds. The monoisotopic (exact) mass is 352 g/mol. The fourth-order valence-electron chi connectivity index (χ4n) is 2.77. The summed E-state index contributed by atoms with van der Waals surface area (Å²) < 4.78 is 0. The summed E-state index contributed by atoms with van der Waals surface area (Å²) in [4.78, 5) is 24.7. The van der Waals surface area contributed by atoms with E-state index in [1.165, 1.54) is 11.8 Å². The Morgan fingerprint density at radius 3 is 2.83 bits per heavy atom. The third-order valence-corrected chi connectivity index (χ3v) is 5.40. The summed E-state index contributed by atoms with van der Waals surface area (Å²) in [6.07, 6.45) is 0. The molecule has 1 aliphatic rings. The lowest BCUT2D eigenvalue weighted by molar-refractivity contribution is -0.132. The van der Waals surface area contributed by atoms with Crippen molar-refractivity contribution in [2.24, 2.45) is 0 Å². The third kappa shape index (κ3) is 3.82. The topological polar surface area (TPSA) is 52.2 Å². The van der Waals surface area contributed by atoms with Crippen LogP contribution in [0.2, 0.25) is 5.02 Å². The molecule has 1 fully saturated rings. The third-order valence-electron chi connectivity index (χ3n) is 4.19. The lowest BCUT2D eigenvalue weighted by Crippen LogP contribution is -2.50. The lowest BCUT2D eigenvalue weighted by Gasteiger charge is -2.35. The predicted molar refractivity (Wildman–Crippen MR) is 95.1 cm³/mol. The molecular formula is C16H21ClN4OS. The van der Waals surface area contributed by atoms with Gasteiger partial charge in [-0.15, -0.1) is 0 Å². The number of aromatic amines is 1. The van der Waals surface area contributed by atoms with Gasteiger partial charge in [0.15, 0.2) is 5.16 Å². The number of imidazole rings is 1. The highest BCUT2D eigenvalue weighted by Crippen LogP contribution is 2.26. The number of halogens is 1. The van der Waals surface area contributed by atoms with E-state index in [0.29, 0.717) is 5.02 Å². The van der Waals surface area contributed by atoms with Gasteiger partial charge in [-0.05, 0) is 31.7 Å². The Balaban J connectivity index is 1.63. The highest BCUT2D eigenvalue weighted by Gasteiger charge is 2.25. The van der Waals surface area contributed by atoms with Gasteiger partial charge in [-0.1, -0.05) is 30.3 Å². The van der Waals surface area contributed by atoms with Crippen molar-refractivity contribution < 1.29 is 4.79 Å². The number of benzene rings is 1. The summed E-state index contributed by atoms with van der Waals surface area (Å²) in [5.74, 6) is 0.184. The molecule has 1 unspecified atom stereocenters. The van der Waals surface area contributed by atoms with Gasteiger partial charge in [0.05, 0.1) is 16.3 Å². The molecule has 2 heterocycles. The molecule has 23 heavy (non-hydrogen) atoms. The van der Waals surface area contributed by atoms with E-state index < -0.39 is 0 Å². The molecule has 0 bridgehead atoms. The van der Waals surface area contributed by atoms with Crippen molar-refractivity contribution in [1.29, 1.82) is 0 Å². The highest BCUT2D eigenvalue weighted by molar-refractivity contribution is 8.00. The number of rotatable bonds is 4. The van der Waals surface area contributed by atoms with Crippen LogP contribution in [0.15, 0.2) is 23.4 Å². The molecule has 0 spiro atoms. The maximum absolute atomic E-state index is 12.6. The van der Waals surface area contributed by atoms with E-state index in [9.17, 15) is 4.79 Å². The smallest absolute Gasteiger partial charge is 0.235 e. The minimum Gasteiger partial charge on any atom is -0.339 e. The maximum Gasteiger partial charge on any atom is 0.235 e. The quantitative estimate of drug-likeness (QED) is 0.860. The number of amides is 1. The molecule has 3 rings (SSSR count). The summed E-state index contributed by atoms with van der Waals surface area (Å²) >= 11 is 7.46. The van der Waals surface area contributed by atoms with E-state index in [2.05, 4.69) is 21.8 Å². The van der Waals surface area contributed by atoms with Crippen LogP contribution in [0.25, 0.3) is 11.0 Å². The van der Waals surface area contributed by atoms with Gasteiger partial charge >= 0.3 is 0 Å². The van der Waals surface area contributed by atoms with Crippen molar-refractivity contribution in [2.75, 3.05) is 32.7 Å². The molecule has 124 valence electrons. The molecule has 7 heteroatoms. The van der Waals surface area contributed by atoms with Crippen molar-refractivity contribution >= 4 is 40.3 Å². The largest absolute Gasteiger partial charge is 0.339 e. The average molecular weight is 353 g/mol. The first-order valence-corrected chi connectivity index (χ1v) is 9.15. The van der Waals surface area contributed by atoms with Crippen LogP contribution in [-0.2, 0) is 4.79 Å². The summed E-state index contributed by atoms with van der Waals surface area (Å²) in [6.45, 7) is 8.70. The molecule has 1 saturated heterocycles. The van der Waals surface area contributed by atoms with Gasteiger partial charge in [-0.2, -0.15) is 0 Å². The molecule has 0 saturated carbocycles. The Morgan fingerprint density at radius 2 is 2.13 bits per heavy atom. The van der Waals surface area contributed by atoms with Crippen LogP contribution in [0.5, 0.6) is 0 Å². The fraction of sp³-hybridized carbons (Fsp3) is 0.500. The molecule has 1 aromatic heterocycles. The number of hydrogen-bond acceptors (Lipinski definition) is 4. The summed E-state index contributed by atoms with van der Waals surface area (Å²) in [5.41, 5.74) is 1.77. The van der Waals surface area contributed by atoms with Crippen LogP contribution in [-0.4, -0.2) is 63.6 Å². The number of carbonyl (C=O) groups excluding carboxylic acids is 1. The minimum absolute atomic E-state index is 0.154. The summed E-state index contributed by atoms with van der Waals surface area (Å²) in [6, 6.07) is 5.56. The second kappa shape index (κ2) is 7.11. The number of nitrogens with one attached hydrogen (secondary N) is 1. The minimum atomic E-state index is -0.154. The van der Waals surface area contributed by atoms with Gasteiger partial charge in [-0.25, -0.2) is 4.98 Å². The second-order valence-corrected chi connectivity index (χ2v) is 7.49. The van der Waals surface area contributed by atoms with E-state index in [1.54, 1.807) is 0 Å². The molecule has 0 aliphatic carbocycles. The Kier molecular flexibility index (Phi) is 5.14. The first-order valence-electron chi connectivity index (χ1n) is 7.90. The fourth-order valence-corrected chi connectivity index (χ4v) is 3.85. The zero-order valence-corrected chi connectivity index (χ0v) is 15.0. The van der Waals surface area contributed by atoms with Gasteiger partial charge in [-0.3, -0.25) is 4.79 Å². The van der Waals surface area contributed by atoms with Gasteiger partial charge in [0, 0.05) is 31.2 Å². The van der Waals surface area contributed by atoms with Crippen molar-refractivity contribution in [3.8, 4) is 0 Å². The molecule has 1 aliphatic heterocycles.